The van der Waals surface area contributed by atoms with E-state index in [9.17, 15) is 34.2 Å². The molecule has 0 spiro atoms. The first kappa shape index (κ1) is 30.0. The van der Waals surface area contributed by atoms with Crippen molar-refractivity contribution < 1.29 is 34.2 Å². The predicted octanol–water partition coefficient (Wildman–Crippen LogP) is -0.0849. The van der Waals surface area contributed by atoms with Gasteiger partial charge in [-0.3, -0.25) is 28.9 Å². The lowest BCUT2D eigenvalue weighted by Gasteiger charge is -2.52. The summed E-state index contributed by atoms with van der Waals surface area (Å²) in [4.78, 5) is 74.1. The third-order valence-electron chi connectivity index (χ3n) is 8.35. The zero-order valence-corrected chi connectivity index (χ0v) is 24.2. The quantitative estimate of drug-likeness (QED) is 0.251. The highest BCUT2D eigenvalue weighted by atomic mass is 35.5. The summed E-state index contributed by atoms with van der Waals surface area (Å²) in [7, 11) is 6.92. The second kappa shape index (κ2) is 10.2. The van der Waals surface area contributed by atoms with Gasteiger partial charge in [-0.05, 0) is 52.4 Å². The third kappa shape index (κ3) is 4.60. The van der Waals surface area contributed by atoms with Crippen molar-refractivity contribution in [3.05, 3.63) is 16.3 Å². The first-order valence-corrected chi connectivity index (χ1v) is 13.5. The number of hydrogen-bond acceptors (Lipinski definition) is 11. The number of carbonyl (C=O) groups is 5. The molecule has 0 aliphatic heterocycles. The number of aliphatic hydroxyl groups is 1. The summed E-state index contributed by atoms with van der Waals surface area (Å²) in [5, 5.41) is 25.8. The number of amides is 1. The molecule has 2 unspecified atom stereocenters. The number of carbonyl (C=O) groups excluding carboxylic acids is 5. The normalized spacial score (nSPS) is 30.3. The molecule has 0 radical (unpaired) electrons. The largest absolute Gasteiger partial charge is 0.504 e. The topological polar surface area (TPSA) is 183 Å². The Morgan fingerprint density at radius 2 is 1.80 bits per heavy atom. The highest BCUT2D eigenvalue weighted by Crippen LogP contribution is 2.51. The molecule has 0 aromatic carbocycles. The number of fused-ring (bicyclic) bond motifs is 3. The van der Waals surface area contributed by atoms with Crippen LogP contribution in [0.25, 0.3) is 0 Å². The smallest absolute Gasteiger partial charge is 0.235 e. The van der Waals surface area contributed by atoms with Crippen LogP contribution < -0.4 is 11.1 Å². The molecular weight excluding hydrogens is 542 g/mol. The van der Waals surface area contributed by atoms with Crippen LogP contribution in [0.2, 0.25) is 5.15 Å². The van der Waals surface area contributed by atoms with Gasteiger partial charge in [-0.1, -0.05) is 25.4 Å². The summed E-state index contributed by atoms with van der Waals surface area (Å²) >= 11 is 6.51. The minimum Gasteiger partial charge on any atom is -0.504 e. The highest BCUT2D eigenvalue weighted by molar-refractivity contribution is 6.34. The van der Waals surface area contributed by atoms with Crippen LogP contribution in [0.15, 0.2) is 0 Å². The van der Waals surface area contributed by atoms with Crippen molar-refractivity contribution in [3.63, 3.8) is 0 Å². The van der Waals surface area contributed by atoms with E-state index in [1.165, 1.54) is 19.0 Å². The van der Waals surface area contributed by atoms with E-state index in [1.807, 2.05) is 32.8 Å². The lowest BCUT2D eigenvalue weighted by atomic mass is 9.52. The zero-order valence-electron chi connectivity index (χ0n) is 23.4. The van der Waals surface area contributed by atoms with E-state index < -0.39 is 70.1 Å². The van der Waals surface area contributed by atoms with Gasteiger partial charge in [-0.15, -0.1) is 0 Å². The summed E-state index contributed by atoms with van der Waals surface area (Å²) in [5.41, 5.74) is 2.38. The maximum absolute atomic E-state index is 13.9. The lowest BCUT2D eigenvalue weighted by Crippen LogP contribution is -2.74. The molecule has 5 N–H and O–H groups in total. The molecule has 3 aliphatic carbocycles. The fraction of sp³-hybridized carbons (Fsp3) is 0.630. The van der Waals surface area contributed by atoms with Gasteiger partial charge in [0.2, 0.25) is 5.91 Å². The molecule has 218 valence electrons. The summed E-state index contributed by atoms with van der Waals surface area (Å²) in [6.45, 7) is 5.12. The molecule has 13 heteroatoms. The molecule has 0 bridgehead atoms. The van der Waals surface area contributed by atoms with E-state index in [2.05, 4.69) is 10.3 Å². The molecule has 0 saturated heterocycles. The van der Waals surface area contributed by atoms with E-state index >= 15 is 0 Å². The summed E-state index contributed by atoms with van der Waals surface area (Å²) in [5.74, 6) is -11.2. The van der Waals surface area contributed by atoms with Crippen LogP contribution in [0.3, 0.4) is 0 Å². The monoisotopic (exact) mass is 577 g/mol. The molecule has 2 saturated carbocycles. The zero-order chi connectivity index (χ0) is 30.1. The van der Waals surface area contributed by atoms with Crippen LogP contribution in [0.1, 0.15) is 36.2 Å². The Bertz CT molecular complexity index is 1310. The molecule has 3 aliphatic rings. The van der Waals surface area contributed by atoms with Gasteiger partial charge < -0.3 is 26.2 Å². The SMILES string of the molecule is CN(C)CC(C)(C)CNc1nc(Cl)c2c(c1O)C(=O)C1C(=O)[C@]3(O)C(=O)C(C(N)=O)C(=O)[C@@H](N(C)C)[C@@H]3C[C@@H]1C2. The van der Waals surface area contributed by atoms with Crippen molar-refractivity contribution in [1.82, 2.24) is 14.8 Å². The van der Waals surface area contributed by atoms with Crippen molar-refractivity contribution >= 4 is 46.5 Å². The Labute approximate surface area is 237 Å². The van der Waals surface area contributed by atoms with E-state index in [4.69, 9.17) is 17.3 Å². The first-order valence-electron chi connectivity index (χ1n) is 13.1. The molecule has 4 rings (SSSR count). The second-order valence-electron chi connectivity index (χ2n) is 12.5. The fourth-order valence-corrected chi connectivity index (χ4v) is 7.13. The van der Waals surface area contributed by atoms with Gasteiger partial charge in [0, 0.05) is 24.6 Å². The summed E-state index contributed by atoms with van der Waals surface area (Å²) in [6, 6.07) is -1.17. The maximum Gasteiger partial charge on any atom is 0.235 e. The Balaban J connectivity index is 1.76. The third-order valence-corrected chi connectivity index (χ3v) is 8.67. The van der Waals surface area contributed by atoms with Gasteiger partial charge in [0.25, 0.3) is 0 Å². The molecule has 12 nitrogen and oxygen atoms in total. The van der Waals surface area contributed by atoms with Gasteiger partial charge in [-0.2, -0.15) is 0 Å². The molecule has 40 heavy (non-hydrogen) atoms. The number of pyridine rings is 1. The Kier molecular flexibility index (Phi) is 7.63. The van der Waals surface area contributed by atoms with E-state index in [0.717, 1.165) is 0 Å². The number of nitrogens with one attached hydrogen (secondary N) is 1. The molecule has 1 aromatic heterocycles. The summed E-state index contributed by atoms with van der Waals surface area (Å²) < 4.78 is 0. The molecule has 1 aromatic rings. The molecule has 1 amide bonds. The molecular formula is C27H36ClN5O7. The van der Waals surface area contributed by atoms with Gasteiger partial charge in [0.1, 0.15) is 5.15 Å². The maximum atomic E-state index is 13.9. The van der Waals surface area contributed by atoms with Crippen molar-refractivity contribution in [2.24, 2.45) is 34.8 Å². The van der Waals surface area contributed by atoms with Crippen LogP contribution in [0, 0.1) is 29.1 Å². The number of primary amides is 1. The average Bonchev–Trinajstić information content (AvgIpc) is 2.81. The lowest BCUT2D eigenvalue weighted by molar-refractivity contribution is -0.181. The van der Waals surface area contributed by atoms with Gasteiger partial charge in [0.15, 0.2) is 46.2 Å². The number of aromatic hydroxyl groups is 1. The number of likely N-dealkylation sites (N-methyl/N-ethyl adjacent to an activating group) is 1. The van der Waals surface area contributed by atoms with E-state index in [-0.39, 0.29) is 40.4 Å². The highest BCUT2D eigenvalue weighted by Gasteiger charge is 2.69. The standard InChI is InChI=1S/C27H36ClN5O7/c1-26(2,10-32(3)4)9-30-25-20(36)15-12(23(28)31-25)7-11-8-13-17(33(5)6)19(35)16(24(29)39)22(38)27(13,40)21(37)14(11)18(15)34/h11,13-14,16-17,36,40H,7-10H2,1-6H3,(H2,29,39)(H,30,31)/t11-,13-,14?,16?,17-,27-/m0/s1. The van der Waals surface area contributed by atoms with Crippen molar-refractivity contribution in [2.75, 3.05) is 46.6 Å². The number of nitrogens with zero attached hydrogens (tertiary/aromatic N) is 3. The minimum absolute atomic E-state index is 0.0189. The van der Waals surface area contributed by atoms with E-state index in [0.29, 0.717) is 13.1 Å². The molecule has 2 fully saturated rings. The summed E-state index contributed by atoms with van der Waals surface area (Å²) in [6.07, 6.45) is -0.00263. The number of anilines is 1. The Morgan fingerprint density at radius 3 is 2.35 bits per heavy atom. The number of Topliss-reactive ketones (excluding diaryl/α,β-unsaturated/α-hetero) is 4. The Morgan fingerprint density at radius 1 is 1.18 bits per heavy atom. The van der Waals surface area contributed by atoms with Crippen LogP contribution in [0.5, 0.6) is 5.75 Å². The predicted molar refractivity (Wildman–Crippen MR) is 145 cm³/mol. The van der Waals surface area contributed by atoms with Gasteiger partial charge in [-0.25, -0.2) is 4.98 Å². The van der Waals surface area contributed by atoms with Crippen LogP contribution in [-0.4, -0.2) is 107 Å². The van der Waals surface area contributed by atoms with Crippen molar-refractivity contribution in [2.45, 2.75) is 38.3 Å². The number of nitrogens with two attached hydrogens (primary N) is 1. The Hall–Kier alpha value is -2.93. The number of ketones is 4. The van der Waals surface area contributed by atoms with E-state index in [1.54, 1.807) is 0 Å². The van der Waals surface area contributed by atoms with Crippen LogP contribution in [-0.2, 0) is 25.6 Å². The van der Waals surface area contributed by atoms with Gasteiger partial charge >= 0.3 is 0 Å². The second-order valence-corrected chi connectivity index (χ2v) is 12.9. The first-order chi connectivity index (χ1) is 18.4. The fourth-order valence-electron chi connectivity index (χ4n) is 6.88. The van der Waals surface area contributed by atoms with Crippen molar-refractivity contribution in [1.29, 1.82) is 0 Å². The average molecular weight is 578 g/mol. The van der Waals surface area contributed by atoms with Crippen LogP contribution in [0.4, 0.5) is 5.82 Å². The minimum atomic E-state index is -2.78. The number of rotatable bonds is 7. The molecule has 1 heterocycles. The molecule has 6 atom stereocenters. The number of halogens is 1. The number of hydrogen-bond donors (Lipinski definition) is 4. The number of aromatic nitrogens is 1. The van der Waals surface area contributed by atoms with Gasteiger partial charge in [0.05, 0.1) is 17.5 Å². The van der Waals surface area contributed by atoms with Crippen molar-refractivity contribution in [3.8, 4) is 5.75 Å². The van der Waals surface area contributed by atoms with Crippen LogP contribution >= 0.6 is 11.6 Å².